The molecule has 0 radical (unpaired) electrons. The molecule has 0 aliphatic carbocycles. The maximum Gasteiger partial charge on any atom is 0.211 e. The maximum atomic E-state index is 12.3. The van der Waals surface area contributed by atoms with Gasteiger partial charge in [0.05, 0.1) is 5.52 Å². The Labute approximate surface area is 111 Å². The largest absolute Gasteiger partial charge is 0.287 e. The lowest BCUT2D eigenvalue weighted by atomic mass is 10.0. The number of aromatic nitrogens is 2. The molecule has 2 heterocycles. The Hall–Kier alpha value is -2.55. The fourth-order valence-corrected chi connectivity index (χ4v) is 2.01. The van der Waals surface area contributed by atoms with Crippen LogP contribution in [0.2, 0.25) is 0 Å². The summed E-state index contributed by atoms with van der Waals surface area (Å²) in [5.74, 6) is -0.0666. The summed E-state index contributed by atoms with van der Waals surface area (Å²) >= 11 is 0. The fourth-order valence-electron chi connectivity index (χ4n) is 2.01. The fraction of sp³-hybridized carbons (Fsp3) is 0.0625. The molecule has 92 valence electrons. The van der Waals surface area contributed by atoms with Gasteiger partial charge in [-0.2, -0.15) is 0 Å². The van der Waals surface area contributed by atoms with E-state index < -0.39 is 0 Å². The van der Waals surface area contributed by atoms with E-state index in [4.69, 9.17) is 0 Å². The first-order chi connectivity index (χ1) is 9.24. The third-order valence-corrected chi connectivity index (χ3v) is 2.99. The van der Waals surface area contributed by atoms with Gasteiger partial charge in [0.25, 0.3) is 0 Å². The molecule has 0 fully saturated rings. The Bertz CT molecular complexity index is 751. The Kier molecular flexibility index (Phi) is 2.80. The first kappa shape index (κ1) is 11.5. The molecule has 19 heavy (non-hydrogen) atoms. The van der Waals surface area contributed by atoms with Gasteiger partial charge < -0.3 is 0 Å². The van der Waals surface area contributed by atoms with Crippen LogP contribution < -0.4 is 0 Å². The zero-order valence-corrected chi connectivity index (χ0v) is 10.5. The predicted molar refractivity (Wildman–Crippen MR) is 74.1 cm³/mol. The van der Waals surface area contributed by atoms with E-state index in [0.717, 1.165) is 16.6 Å². The molecule has 3 rings (SSSR count). The van der Waals surface area contributed by atoms with Gasteiger partial charge >= 0.3 is 0 Å². The van der Waals surface area contributed by atoms with Gasteiger partial charge in [0.2, 0.25) is 5.78 Å². The summed E-state index contributed by atoms with van der Waals surface area (Å²) in [4.78, 5) is 20.8. The number of carbonyl (C=O) groups is 1. The van der Waals surface area contributed by atoms with Crippen molar-refractivity contribution in [2.45, 2.75) is 6.92 Å². The number of pyridine rings is 2. The summed E-state index contributed by atoms with van der Waals surface area (Å²) in [5.41, 5.74) is 2.97. The lowest BCUT2D eigenvalue weighted by Crippen LogP contribution is -2.03. The molecule has 3 heteroatoms. The number of hydrogen-bond donors (Lipinski definition) is 0. The highest BCUT2D eigenvalue weighted by molar-refractivity contribution is 6.09. The smallest absolute Gasteiger partial charge is 0.211 e. The van der Waals surface area contributed by atoms with Crippen LogP contribution in [0.5, 0.6) is 0 Å². The highest BCUT2D eigenvalue weighted by Gasteiger charge is 2.10. The Morgan fingerprint density at radius 1 is 1.05 bits per heavy atom. The van der Waals surface area contributed by atoms with Crippen molar-refractivity contribution in [2.24, 2.45) is 0 Å². The molecule has 0 bridgehead atoms. The normalized spacial score (nSPS) is 10.6. The molecule has 0 amide bonds. The second-order valence-electron chi connectivity index (χ2n) is 4.40. The Morgan fingerprint density at radius 2 is 1.95 bits per heavy atom. The SMILES string of the molecule is Cc1ccc2cc(C(=O)c3ccccn3)ccc2n1. The highest BCUT2D eigenvalue weighted by Crippen LogP contribution is 2.16. The van der Waals surface area contributed by atoms with Crippen LogP contribution in [-0.2, 0) is 0 Å². The third-order valence-electron chi connectivity index (χ3n) is 2.99. The standard InChI is InChI=1S/C16H12N2O/c1-11-5-6-12-10-13(7-8-14(12)18-11)16(19)15-4-2-3-9-17-15/h2-10H,1H3. The number of fused-ring (bicyclic) bond motifs is 1. The second kappa shape index (κ2) is 4.61. The summed E-state index contributed by atoms with van der Waals surface area (Å²) in [6.45, 7) is 1.95. The van der Waals surface area contributed by atoms with Gasteiger partial charge in [0, 0.05) is 22.8 Å². The van der Waals surface area contributed by atoms with E-state index in [9.17, 15) is 4.79 Å². The van der Waals surface area contributed by atoms with Crippen molar-refractivity contribution in [1.82, 2.24) is 9.97 Å². The molecule has 3 aromatic rings. The lowest BCUT2D eigenvalue weighted by Gasteiger charge is -2.03. The van der Waals surface area contributed by atoms with Gasteiger partial charge in [-0.25, -0.2) is 0 Å². The van der Waals surface area contributed by atoms with Gasteiger partial charge in [0.15, 0.2) is 0 Å². The number of aryl methyl sites for hydroxylation is 1. The van der Waals surface area contributed by atoms with Crippen molar-refractivity contribution >= 4 is 16.7 Å². The molecule has 0 aliphatic rings. The number of ketones is 1. The molecular formula is C16H12N2O. The van der Waals surface area contributed by atoms with Crippen molar-refractivity contribution in [1.29, 1.82) is 0 Å². The molecule has 0 N–H and O–H groups in total. The molecule has 0 spiro atoms. The summed E-state index contributed by atoms with van der Waals surface area (Å²) in [6.07, 6.45) is 1.62. The molecule has 0 atom stereocenters. The summed E-state index contributed by atoms with van der Waals surface area (Å²) in [7, 11) is 0. The number of carbonyl (C=O) groups excluding carboxylic acids is 1. The molecule has 0 aliphatic heterocycles. The van der Waals surface area contributed by atoms with Crippen molar-refractivity contribution in [3.05, 3.63) is 71.7 Å². The third kappa shape index (κ3) is 2.22. The number of hydrogen-bond acceptors (Lipinski definition) is 3. The van der Waals surface area contributed by atoms with E-state index in [1.54, 1.807) is 24.4 Å². The van der Waals surface area contributed by atoms with Crippen molar-refractivity contribution in [3.8, 4) is 0 Å². The summed E-state index contributed by atoms with van der Waals surface area (Å²) < 4.78 is 0. The Morgan fingerprint density at radius 3 is 2.74 bits per heavy atom. The van der Waals surface area contributed by atoms with Crippen LogP contribution >= 0.6 is 0 Å². The van der Waals surface area contributed by atoms with Gasteiger partial charge in [0.1, 0.15) is 5.69 Å². The average molecular weight is 248 g/mol. The van der Waals surface area contributed by atoms with E-state index in [-0.39, 0.29) is 5.78 Å². The topological polar surface area (TPSA) is 42.9 Å². The monoisotopic (exact) mass is 248 g/mol. The number of nitrogens with zero attached hydrogens (tertiary/aromatic N) is 2. The van der Waals surface area contributed by atoms with Crippen molar-refractivity contribution < 1.29 is 4.79 Å². The first-order valence-corrected chi connectivity index (χ1v) is 6.07. The molecule has 1 aromatic carbocycles. The molecule has 0 unspecified atom stereocenters. The second-order valence-corrected chi connectivity index (χ2v) is 4.40. The molecule has 3 nitrogen and oxygen atoms in total. The highest BCUT2D eigenvalue weighted by atomic mass is 16.1. The van der Waals surface area contributed by atoms with E-state index in [1.807, 2.05) is 37.3 Å². The van der Waals surface area contributed by atoms with Crippen LogP contribution in [0.3, 0.4) is 0 Å². The zero-order chi connectivity index (χ0) is 13.2. The van der Waals surface area contributed by atoms with E-state index >= 15 is 0 Å². The van der Waals surface area contributed by atoms with E-state index in [0.29, 0.717) is 11.3 Å². The van der Waals surface area contributed by atoms with Crippen LogP contribution in [0.1, 0.15) is 21.7 Å². The minimum Gasteiger partial charge on any atom is -0.287 e. The molecule has 2 aromatic heterocycles. The molecule has 0 saturated carbocycles. The van der Waals surface area contributed by atoms with Crippen LogP contribution in [-0.4, -0.2) is 15.8 Å². The van der Waals surface area contributed by atoms with E-state index in [1.165, 1.54) is 0 Å². The van der Waals surface area contributed by atoms with Crippen molar-refractivity contribution in [2.75, 3.05) is 0 Å². The first-order valence-electron chi connectivity index (χ1n) is 6.07. The van der Waals surface area contributed by atoms with Gasteiger partial charge in [-0.1, -0.05) is 12.1 Å². The van der Waals surface area contributed by atoms with Gasteiger partial charge in [-0.15, -0.1) is 0 Å². The van der Waals surface area contributed by atoms with Crippen LogP contribution in [0.4, 0.5) is 0 Å². The molecule has 0 saturated heterocycles. The Balaban J connectivity index is 2.07. The number of rotatable bonds is 2. The lowest BCUT2D eigenvalue weighted by molar-refractivity contribution is 0.103. The quantitative estimate of drug-likeness (QED) is 0.654. The predicted octanol–water partition coefficient (Wildman–Crippen LogP) is 3.17. The van der Waals surface area contributed by atoms with Crippen LogP contribution in [0.25, 0.3) is 10.9 Å². The minimum atomic E-state index is -0.0666. The number of benzene rings is 1. The molecular weight excluding hydrogens is 236 g/mol. The summed E-state index contributed by atoms with van der Waals surface area (Å²) in [5, 5.41) is 0.965. The minimum absolute atomic E-state index is 0.0666. The summed E-state index contributed by atoms with van der Waals surface area (Å²) in [6, 6.07) is 14.8. The maximum absolute atomic E-state index is 12.3. The van der Waals surface area contributed by atoms with Crippen LogP contribution in [0.15, 0.2) is 54.7 Å². The zero-order valence-electron chi connectivity index (χ0n) is 10.5. The van der Waals surface area contributed by atoms with Gasteiger partial charge in [-0.3, -0.25) is 14.8 Å². The van der Waals surface area contributed by atoms with Gasteiger partial charge in [-0.05, 0) is 43.3 Å². The van der Waals surface area contributed by atoms with Crippen LogP contribution in [0, 0.1) is 6.92 Å². The average Bonchev–Trinajstić information content (AvgIpc) is 2.47. The van der Waals surface area contributed by atoms with E-state index in [2.05, 4.69) is 9.97 Å². The van der Waals surface area contributed by atoms with Crippen molar-refractivity contribution in [3.63, 3.8) is 0 Å².